The molecule has 2 aromatic carbocycles. The van der Waals surface area contributed by atoms with Crippen LogP contribution in [0.5, 0.6) is 0 Å². The Morgan fingerprint density at radius 1 is 1.00 bits per heavy atom. The molecule has 0 saturated heterocycles. The van der Waals surface area contributed by atoms with Crippen LogP contribution in [0.25, 0.3) is 16.8 Å². The van der Waals surface area contributed by atoms with Gasteiger partial charge in [-0.25, -0.2) is 0 Å². The molecule has 0 N–H and O–H groups in total. The van der Waals surface area contributed by atoms with Crippen molar-refractivity contribution in [3.63, 3.8) is 0 Å². The van der Waals surface area contributed by atoms with E-state index >= 15 is 0 Å². The van der Waals surface area contributed by atoms with Gasteiger partial charge < -0.3 is 0 Å². The lowest BCUT2D eigenvalue weighted by atomic mass is 9.91. The summed E-state index contributed by atoms with van der Waals surface area (Å²) in [5.41, 5.74) is 1.93. The van der Waals surface area contributed by atoms with Crippen LogP contribution in [0.3, 0.4) is 0 Å². The zero-order valence-corrected chi connectivity index (χ0v) is 8.23. The lowest BCUT2D eigenvalue weighted by Gasteiger charge is -2.12. The monoisotopic (exact) mass is 194 g/mol. The minimum atomic E-state index is 0.226. The summed E-state index contributed by atoms with van der Waals surface area (Å²) in [5, 5.41) is 2.21. The van der Waals surface area contributed by atoms with E-state index in [4.69, 9.17) is 0 Å². The minimum absolute atomic E-state index is 0.226. The van der Waals surface area contributed by atoms with Crippen molar-refractivity contribution in [3.8, 4) is 0 Å². The molecule has 3 rings (SSSR count). The highest BCUT2D eigenvalue weighted by molar-refractivity contribution is 6.12. The van der Waals surface area contributed by atoms with Gasteiger partial charge in [0.25, 0.3) is 0 Å². The molecule has 0 aliphatic heterocycles. The first kappa shape index (κ1) is 8.42. The summed E-state index contributed by atoms with van der Waals surface area (Å²) < 4.78 is 0. The van der Waals surface area contributed by atoms with Crippen LogP contribution in [0.4, 0.5) is 0 Å². The van der Waals surface area contributed by atoms with Gasteiger partial charge in [0.2, 0.25) is 0 Å². The third-order valence-corrected chi connectivity index (χ3v) is 2.84. The molecule has 72 valence electrons. The number of carbonyl (C=O) groups is 1. The lowest BCUT2D eigenvalue weighted by molar-refractivity contribution is 0.0996. The van der Waals surface area contributed by atoms with Gasteiger partial charge in [-0.15, -0.1) is 0 Å². The second-order valence-electron chi connectivity index (χ2n) is 3.78. The summed E-state index contributed by atoms with van der Waals surface area (Å²) in [6.07, 6.45) is 4.49. The smallest absolute Gasteiger partial charge is 0.167 e. The van der Waals surface area contributed by atoms with Crippen LogP contribution >= 0.6 is 0 Å². The molecule has 0 fully saturated rings. The molecule has 0 unspecified atom stereocenters. The normalized spacial score (nSPS) is 14.3. The Morgan fingerprint density at radius 3 is 2.80 bits per heavy atom. The van der Waals surface area contributed by atoms with E-state index in [9.17, 15) is 4.79 Å². The molecule has 1 nitrogen and oxygen atoms in total. The average Bonchev–Trinajstić information content (AvgIpc) is 2.29. The van der Waals surface area contributed by atoms with Crippen LogP contribution in [0.2, 0.25) is 0 Å². The van der Waals surface area contributed by atoms with E-state index in [1.165, 1.54) is 0 Å². The van der Waals surface area contributed by atoms with Gasteiger partial charge in [-0.1, -0.05) is 48.6 Å². The molecule has 0 atom stereocenters. The molecule has 0 saturated carbocycles. The van der Waals surface area contributed by atoms with E-state index in [1.807, 2.05) is 42.5 Å². The molecule has 0 heterocycles. The Bertz CT molecular complexity index is 579. The van der Waals surface area contributed by atoms with Gasteiger partial charge in [-0.3, -0.25) is 4.79 Å². The molecule has 1 aliphatic carbocycles. The van der Waals surface area contributed by atoms with E-state index < -0.39 is 0 Å². The number of hydrogen-bond donors (Lipinski definition) is 0. The summed E-state index contributed by atoms with van der Waals surface area (Å²) >= 11 is 0. The average molecular weight is 194 g/mol. The fourth-order valence-corrected chi connectivity index (χ4v) is 2.13. The highest BCUT2D eigenvalue weighted by atomic mass is 16.1. The van der Waals surface area contributed by atoms with E-state index in [2.05, 4.69) is 6.07 Å². The second-order valence-corrected chi connectivity index (χ2v) is 3.78. The number of rotatable bonds is 0. The largest absolute Gasteiger partial charge is 0.294 e. The molecule has 0 bridgehead atoms. The molecule has 0 spiro atoms. The topological polar surface area (TPSA) is 17.1 Å². The summed E-state index contributed by atoms with van der Waals surface area (Å²) in [5.74, 6) is 0.226. The summed E-state index contributed by atoms with van der Waals surface area (Å²) in [7, 11) is 0. The zero-order chi connectivity index (χ0) is 10.3. The lowest BCUT2D eigenvalue weighted by Crippen LogP contribution is -2.04. The van der Waals surface area contributed by atoms with Crippen molar-refractivity contribution in [2.45, 2.75) is 6.42 Å². The minimum Gasteiger partial charge on any atom is -0.294 e. The number of ketones is 1. The number of benzene rings is 2. The van der Waals surface area contributed by atoms with Gasteiger partial charge >= 0.3 is 0 Å². The molecular weight excluding hydrogens is 184 g/mol. The Balaban J connectivity index is 2.47. The molecular formula is C14H10O. The first-order valence-corrected chi connectivity index (χ1v) is 5.08. The van der Waals surface area contributed by atoms with Crippen molar-refractivity contribution in [2.75, 3.05) is 0 Å². The first-order valence-electron chi connectivity index (χ1n) is 5.08. The van der Waals surface area contributed by atoms with Crippen LogP contribution in [-0.4, -0.2) is 5.78 Å². The number of Topliss-reactive ketones (excluding diaryl/α,β-unsaturated/α-hetero) is 1. The Hall–Kier alpha value is -1.89. The fraction of sp³-hybridized carbons (Fsp3) is 0.0714. The van der Waals surface area contributed by atoms with E-state index in [0.717, 1.165) is 21.9 Å². The number of fused-ring (bicyclic) bond motifs is 3. The Morgan fingerprint density at radius 2 is 1.87 bits per heavy atom. The molecule has 0 radical (unpaired) electrons. The van der Waals surface area contributed by atoms with Crippen molar-refractivity contribution < 1.29 is 4.79 Å². The van der Waals surface area contributed by atoms with Crippen LogP contribution < -0.4 is 0 Å². The standard InChI is InChI=1S/C14H10O/c15-13-7-3-5-11-9-8-10-4-1-2-6-12(10)14(11)13/h1-6,8-9H,7H2. The van der Waals surface area contributed by atoms with Crippen molar-refractivity contribution in [2.24, 2.45) is 0 Å². The Kier molecular flexibility index (Phi) is 1.72. The number of carbonyl (C=O) groups excluding carboxylic acids is 1. The van der Waals surface area contributed by atoms with E-state index in [1.54, 1.807) is 0 Å². The number of hydrogen-bond acceptors (Lipinski definition) is 1. The second kappa shape index (κ2) is 3.06. The summed E-state index contributed by atoms with van der Waals surface area (Å²) in [4.78, 5) is 11.8. The van der Waals surface area contributed by atoms with Gasteiger partial charge in [-0.2, -0.15) is 0 Å². The van der Waals surface area contributed by atoms with Crippen molar-refractivity contribution in [1.82, 2.24) is 0 Å². The maximum Gasteiger partial charge on any atom is 0.167 e. The molecule has 1 heteroatoms. The van der Waals surface area contributed by atoms with Gasteiger partial charge in [0.1, 0.15) is 0 Å². The van der Waals surface area contributed by atoms with E-state index in [0.29, 0.717) is 6.42 Å². The highest BCUT2D eigenvalue weighted by Crippen LogP contribution is 2.27. The van der Waals surface area contributed by atoms with Gasteiger partial charge in [0.15, 0.2) is 5.78 Å². The van der Waals surface area contributed by atoms with Gasteiger partial charge in [0, 0.05) is 12.0 Å². The SMILES string of the molecule is O=C1CC=Cc2ccc3ccccc3c21. The molecule has 0 aromatic heterocycles. The molecule has 2 aromatic rings. The summed E-state index contributed by atoms with van der Waals surface area (Å²) in [6.45, 7) is 0. The predicted molar refractivity (Wildman–Crippen MR) is 61.9 cm³/mol. The molecule has 0 amide bonds. The molecule has 15 heavy (non-hydrogen) atoms. The molecule has 1 aliphatic rings. The van der Waals surface area contributed by atoms with Gasteiger partial charge in [-0.05, 0) is 16.3 Å². The maximum absolute atomic E-state index is 11.8. The van der Waals surface area contributed by atoms with Crippen LogP contribution in [0.15, 0.2) is 42.5 Å². The maximum atomic E-state index is 11.8. The predicted octanol–water partition coefficient (Wildman–Crippen LogP) is 3.44. The third kappa shape index (κ3) is 1.20. The third-order valence-electron chi connectivity index (χ3n) is 2.84. The van der Waals surface area contributed by atoms with Crippen molar-refractivity contribution in [3.05, 3.63) is 53.6 Å². The quantitative estimate of drug-likeness (QED) is 0.627. The zero-order valence-electron chi connectivity index (χ0n) is 8.23. The fourth-order valence-electron chi connectivity index (χ4n) is 2.13. The van der Waals surface area contributed by atoms with E-state index in [-0.39, 0.29) is 5.78 Å². The van der Waals surface area contributed by atoms with Crippen molar-refractivity contribution >= 4 is 22.6 Å². The van der Waals surface area contributed by atoms with Gasteiger partial charge in [0.05, 0.1) is 0 Å². The van der Waals surface area contributed by atoms with Crippen LogP contribution in [0, 0.1) is 0 Å². The van der Waals surface area contributed by atoms with Crippen LogP contribution in [-0.2, 0) is 0 Å². The number of allylic oxidation sites excluding steroid dienone is 1. The Labute approximate surface area is 88.0 Å². The first-order chi connectivity index (χ1) is 7.36. The van der Waals surface area contributed by atoms with Crippen molar-refractivity contribution in [1.29, 1.82) is 0 Å². The van der Waals surface area contributed by atoms with Crippen LogP contribution in [0.1, 0.15) is 22.3 Å². The summed E-state index contributed by atoms with van der Waals surface area (Å²) in [6, 6.07) is 12.1. The highest BCUT2D eigenvalue weighted by Gasteiger charge is 2.15.